The Bertz CT molecular complexity index is 912. The molecule has 1 aliphatic heterocycles. The fourth-order valence-electron chi connectivity index (χ4n) is 3.79. The van der Waals surface area contributed by atoms with Crippen molar-refractivity contribution in [2.75, 3.05) is 47.4 Å². The van der Waals surface area contributed by atoms with Gasteiger partial charge in [0.1, 0.15) is 11.5 Å². The zero-order chi connectivity index (χ0) is 20.4. The van der Waals surface area contributed by atoms with Crippen molar-refractivity contribution in [2.24, 2.45) is 7.05 Å². The Balaban J connectivity index is 2.04. The third-order valence-corrected chi connectivity index (χ3v) is 5.78. The van der Waals surface area contributed by atoms with Crippen molar-refractivity contribution in [3.63, 3.8) is 0 Å². The second kappa shape index (κ2) is 8.37. The molecule has 1 aromatic carbocycles. The van der Waals surface area contributed by atoms with Crippen LogP contribution in [0.15, 0.2) is 23.0 Å². The topological polar surface area (TPSA) is 46.9 Å². The van der Waals surface area contributed by atoms with Crippen LogP contribution in [0.5, 0.6) is 11.5 Å². The van der Waals surface area contributed by atoms with E-state index in [0.717, 1.165) is 66.6 Å². The summed E-state index contributed by atoms with van der Waals surface area (Å²) in [4.78, 5) is 17.0. The highest BCUT2D eigenvalue weighted by molar-refractivity contribution is 5.75. The van der Waals surface area contributed by atoms with Crippen molar-refractivity contribution in [2.45, 2.75) is 20.4 Å². The number of pyridine rings is 1. The molecule has 2 aromatic rings. The quantitative estimate of drug-likeness (QED) is 0.791. The second-order valence-electron chi connectivity index (χ2n) is 7.63. The van der Waals surface area contributed by atoms with Gasteiger partial charge in [-0.25, -0.2) is 0 Å². The predicted octanol–water partition coefficient (Wildman–Crippen LogP) is 2.43. The van der Waals surface area contributed by atoms with Crippen LogP contribution in [0.25, 0.3) is 11.1 Å². The number of aromatic nitrogens is 1. The largest absolute Gasteiger partial charge is 0.496 e. The van der Waals surface area contributed by atoms with E-state index in [0.29, 0.717) is 5.56 Å². The summed E-state index contributed by atoms with van der Waals surface area (Å²) in [5.41, 5.74) is 4.69. The summed E-state index contributed by atoms with van der Waals surface area (Å²) in [7, 11) is 7.36. The summed E-state index contributed by atoms with van der Waals surface area (Å²) in [6.07, 6.45) is 0. The van der Waals surface area contributed by atoms with E-state index in [-0.39, 0.29) is 5.56 Å². The number of methoxy groups -OCH3 is 2. The highest BCUT2D eigenvalue weighted by Gasteiger charge is 2.20. The van der Waals surface area contributed by atoms with Gasteiger partial charge >= 0.3 is 0 Å². The van der Waals surface area contributed by atoms with Crippen LogP contribution in [0.1, 0.15) is 16.8 Å². The molecule has 0 radical (unpaired) electrons. The first-order valence-electron chi connectivity index (χ1n) is 9.69. The maximum absolute atomic E-state index is 12.2. The second-order valence-corrected chi connectivity index (χ2v) is 7.63. The van der Waals surface area contributed by atoms with Gasteiger partial charge in [-0.1, -0.05) is 0 Å². The molecule has 6 nitrogen and oxygen atoms in total. The van der Waals surface area contributed by atoms with Crippen LogP contribution in [-0.4, -0.2) is 61.8 Å². The average molecular weight is 386 g/mol. The van der Waals surface area contributed by atoms with Crippen LogP contribution < -0.4 is 15.0 Å². The van der Waals surface area contributed by atoms with Gasteiger partial charge in [0.25, 0.3) is 5.56 Å². The van der Waals surface area contributed by atoms with E-state index >= 15 is 0 Å². The highest BCUT2D eigenvalue weighted by Crippen LogP contribution is 2.38. The van der Waals surface area contributed by atoms with Crippen molar-refractivity contribution in [3.05, 3.63) is 45.4 Å². The molecule has 0 N–H and O–H groups in total. The van der Waals surface area contributed by atoms with Crippen molar-refractivity contribution in [1.29, 1.82) is 0 Å². The maximum Gasteiger partial charge on any atom is 0.253 e. The Morgan fingerprint density at radius 3 is 2.14 bits per heavy atom. The van der Waals surface area contributed by atoms with E-state index in [2.05, 4.69) is 22.9 Å². The number of hydrogen-bond acceptors (Lipinski definition) is 5. The first kappa shape index (κ1) is 20.4. The molecular formula is C22H31N3O3. The number of nitrogens with zero attached hydrogens (tertiary/aromatic N) is 3. The minimum Gasteiger partial charge on any atom is -0.496 e. The number of hydrogen-bond donors (Lipinski definition) is 0. The number of likely N-dealkylation sites (N-methyl/N-ethyl adjacent to an activating group) is 1. The Kier molecular flexibility index (Phi) is 6.10. The van der Waals surface area contributed by atoms with E-state index in [1.807, 2.05) is 26.0 Å². The number of benzene rings is 1. The van der Waals surface area contributed by atoms with Crippen LogP contribution in [0, 0.1) is 13.8 Å². The van der Waals surface area contributed by atoms with Crippen LogP contribution in [0.3, 0.4) is 0 Å². The maximum atomic E-state index is 12.2. The lowest BCUT2D eigenvalue weighted by atomic mass is 9.98. The molecular weight excluding hydrogens is 354 g/mol. The highest BCUT2D eigenvalue weighted by atomic mass is 16.5. The SMILES string of the molecule is COc1cc(-c2cc(C)c(=O)n(C)c2C)c(OC)cc1CN1CCN(C)CC1. The molecule has 3 rings (SSSR count). The minimum atomic E-state index is 0.0267. The van der Waals surface area contributed by atoms with Gasteiger partial charge in [-0.2, -0.15) is 0 Å². The number of rotatable bonds is 5. The molecule has 1 aliphatic rings. The monoisotopic (exact) mass is 385 g/mol. The fourth-order valence-corrected chi connectivity index (χ4v) is 3.79. The van der Waals surface area contributed by atoms with Gasteiger partial charge in [0.15, 0.2) is 0 Å². The molecule has 0 bridgehead atoms. The third-order valence-electron chi connectivity index (χ3n) is 5.78. The molecule has 1 fully saturated rings. The van der Waals surface area contributed by atoms with Crippen LogP contribution in [-0.2, 0) is 13.6 Å². The summed E-state index contributed by atoms with van der Waals surface area (Å²) in [6.45, 7) is 8.88. The summed E-state index contributed by atoms with van der Waals surface area (Å²) in [6, 6.07) is 6.05. The zero-order valence-corrected chi connectivity index (χ0v) is 17.8. The number of ether oxygens (including phenoxy) is 2. The van der Waals surface area contributed by atoms with Gasteiger partial charge in [-0.05, 0) is 39.1 Å². The van der Waals surface area contributed by atoms with Gasteiger partial charge in [-0.3, -0.25) is 9.69 Å². The van der Waals surface area contributed by atoms with Crippen molar-refractivity contribution in [1.82, 2.24) is 14.4 Å². The molecule has 0 spiro atoms. The average Bonchev–Trinajstić information content (AvgIpc) is 2.70. The zero-order valence-electron chi connectivity index (χ0n) is 17.8. The molecule has 6 heteroatoms. The Morgan fingerprint density at radius 1 is 0.893 bits per heavy atom. The normalized spacial score (nSPS) is 15.6. The van der Waals surface area contributed by atoms with E-state index in [4.69, 9.17) is 9.47 Å². The molecule has 28 heavy (non-hydrogen) atoms. The number of piperazine rings is 1. The Morgan fingerprint density at radius 2 is 1.54 bits per heavy atom. The predicted molar refractivity (Wildman–Crippen MR) is 112 cm³/mol. The van der Waals surface area contributed by atoms with Crippen molar-refractivity contribution < 1.29 is 9.47 Å². The standard InChI is InChI=1S/C22H31N3O3/c1-15-11-18(16(2)24(4)22(15)26)19-13-20(27-5)17(12-21(19)28-6)14-25-9-7-23(3)8-10-25/h11-13H,7-10,14H2,1-6H3. The van der Waals surface area contributed by atoms with E-state index in [1.54, 1.807) is 25.8 Å². The van der Waals surface area contributed by atoms with E-state index in [9.17, 15) is 4.79 Å². The summed E-state index contributed by atoms with van der Waals surface area (Å²) in [5.74, 6) is 1.65. The first-order valence-corrected chi connectivity index (χ1v) is 9.69. The molecule has 0 unspecified atom stereocenters. The first-order chi connectivity index (χ1) is 13.3. The van der Waals surface area contributed by atoms with Crippen LogP contribution in [0.2, 0.25) is 0 Å². The Labute approximate surface area is 167 Å². The van der Waals surface area contributed by atoms with Crippen molar-refractivity contribution in [3.8, 4) is 22.6 Å². The molecule has 1 aromatic heterocycles. The smallest absolute Gasteiger partial charge is 0.253 e. The van der Waals surface area contributed by atoms with Gasteiger partial charge in [0.05, 0.1) is 14.2 Å². The lowest BCUT2D eigenvalue weighted by molar-refractivity contribution is 0.147. The summed E-state index contributed by atoms with van der Waals surface area (Å²) < 4.78 is 13.2. The van der Waals surface area contributed by atoms with Gasteiger partial charge in [0.2, 0.25) is 0 Å². The van der Waals surface area contributed by atoms with Crippen molar-refractivity contribution >= 4 is 0 Å². The molecule has 0 aliphatic carbocycles. The summed E-state index contributed by atoms with van der Waals surface area (Å²) >= 11 is 0. The molecule has 1 saturated heterocycles. The van der Waals surface area contributed by atoms with Gasteiger partial charge in [0, 0.05) is 67.7 Å². The molecule has 0 amide bonds. The van der Waals surface area contributed by atoms with Gasteiger partial charge < -0.3 is 18.9 Å². The molecule has 2 heterocycles. The van der Waals surface area contributed by atoms with E-state index in [1.165, 1.54) is 0 Å². The number of aryl methyl sites for hydroxylation is 1. The molecule has 0 atom stereocenters. The summed E-state index contributed by atoms with van der Waals surface area (Å²) in [5, 5.41) is 0. The molecule has 152 valence electrons. The lowest BCUT2D eigenvalue weighted by Crippen LogP contribution is -2.43. The van der Waals surface area contributed by atoms with E-state index < -0.39 is 0 Å². The molecule has 0 saturated carbocycles. The fraction of sp³-hybridized carbons (Fsp3) is 0.500. The third kappa shape index (κ3) is 3.93. The van der Waals surface area contributed by atoms with Crippen LogP contribution in [0.4, 0.5) is 0 Å². The minimum absolute atomic E-state index is 0.0267. The lowest BCUT2D eigenvalue weighted by Gasteiger charge is -2.32. The van der Waals surface area contributed by atoms with Crippen LogP contribution >= 0.6 is 0 Å². The van der Waals surface area contributed by atoms with Gasteiger partial charge in [-0.15, -0.1) is 0 Å². The Hall–Kier alpha value is -2.31.